The molecule has 1 aliphatic heterocycles. The molecule has 0 spiro atoms. The average molecular weight is 261 g/mol. The topological polar surface area (TPSA) is 28.2 Å². The Bertz CT molecular complexity index is 391. The van der Waals surface area contributed by atoms with Gasteiger partial charge in [0.05, 0.1) is 5.69 Å². The monoisotopic (exact) mass is 261 g/mol. The van der Waals surface area contributed by atoms with Crippen molar-refractivity contribution in [2.75, 3.05) is 13.1 Å². The van der Waals surface area contributed by atoms with E-state index in [1.807, 2.05) is 12.3 Å². The normalized spacial score (nSPS) is 25.8. The third-order valence-electron chi connectivity index (χ3n) is 4.18. The second-order valence-electron chi connectivity index (χ2n) is 5.79. The molecule has 0 aliphatic carbocycles. The van der Waals surface area contributed by atoms with Crippen molar-refractivity contribution >= 4 is 0 Å². The molecule has 0 saturated carbocycles. The maximum Gasteiger partial charge on any atom is 0.0573 e. The van der Waals surface area contributed by atoms with Gasteiger partial charge in [0.25, 0.3) is 0 Å². The van der Waals surface area contributed by atoms with Crippen LogP contribution in [0, 0.1) is 6.92 Å². The zero-order valence-electron chi connectivity index (χ0n) is 12.5. The SMILES string of the molecule is CCC1CCN(Cc2ncccc2C)CCC(C)N1. The molecular weight excluding hydrogens is 234 g/mol. The van der Waals surface area contributed by atoms with Gasteiger partial charge in [-0.05, 0) is 44.7 Å². The second kappa shape index (κ2) is 7.01. The lowest BCUT2D eigenvalue weighted by atomic mass is 10.1. The summed E-state index contributed by atoms with van der Waals surface area (Å²) in [6, 6.07) is 5.47. The molecule has 0 amide bonds. The predicted octanol–water partition coefficient (Wildman–Crippen LogP) is 2.74. The molecule has 3 heteroatoms. The Morgan fingerprint density at radius 3 is 2.89 bits per heavy atom. The molecule has 19 heavy (non-hydrogen) atoms. The lowest BCUT2D eigenvalue weighted by molar-refractivity contribution is 0.204. The van der Waals surface area contributed by atoms with Crippen molar-refractivity contribution < 1.29 is 0 Å². The maximum atomic E-state index is 4.53. The van der Waals surface area contributed by atoms with Crippen LogP contribution in [0.15, 0.2) is 18.3 Å². The Kier molecular flexibility index (Phi) is 5.34. The van der Waals surface area contributed by atoms with E-state index in [1.165, 1.54) is 43.6 Å². The first-order valence-corrected chi connectivity index (χ1v) is 7.58. The second-order valence-corrected chi connectivity index (χ2v) is 5.79. The van der Waals surface area contributed by atoms with Crippen LogP contribution >= 0.6 is 0 Å². The van der Waals surface area contributed by atoms with Crippen LogP contribution in [0.1, 0.15) is 44.4 Å². The fourth-order valence-electron chi connectivity index (χ4n) is 2.77. The summed E-state index contributed by atoms with van der Waals surface area (Å²) in [6.45, 7) is 10.1. The van der Waals surface area contributed by atoms with Crippen molar-refractivity contribution in [1.29, 1.82) is 0 Å². The summed E-state index contributed by atoms with van der Waals surface area (Å²) in [4.78, 5) is 7.09. The summed E-state index contributed by atoms with van der Waals surface area (Å²) in [6.07, 6.45) is 5.60. The van der Waals surface area contributed by atoms with E-state index in [4.69, 9.17) is 0 Å². The molecule has 1 aromatic rings. The molecule has 0 bridgehead atoms. The van der Waals surface area contributed by atoms with E-state index in [9.17, 15) is 0 Å². The summed E-state index contributed by atoms with van der Waals surface area (Å²) >= 11 is 0. The van der Waals surface area contributed by atoms with Gasteiger partial charge in [0, 0.05) is 37.9 Å². The molecule has 0 aromatic carbocycles. The smallest absolute Gasteiger partial charge is 0.0573 e. The van der Waals surface area contributed by atoms with Gasteiger partial charge in [0.2, 0.25) is 0 Å². The Morgan fingerprint density at radius 2 is 2.16 bits per heavy atom. The average Bonchev–Trinajstić information content (AvgIpc) is 2.40. The van der Waals surface area contributed by atoms with Crippen LogP contribution in [0.25, 0.3) is 0 Å². The van der Waals surface area contributed by atoms with E-state index in [1.54, 1.807) is 0 Å². The van der Waals surface area contributed by atoms with Crippen LogP contribution in [0.3, 0.4) is 0 Å². The van der Waals surface area contributed by atoms with E-state index in [0.717, 1.165) is 6.54 Å². The standard InChI is InChI=1S/C16H27N3/c1-4-15-8-11-19(10-7-14(3)18-15)12-16-13(2)6-5-9-17-16/h5-6,9,14-15,18H,4,7-8,10-12H2,1-3H3. The third-order valence-corrected chi connectivity index (χ3v) is 4.18. The number of hydrogen-bond donors (Lipinski definition) is 1. The minimum absolute atomic E-state index is 0.623. The summed E-state index contributed by atoms with van der Waals surface area (Å²) < 4.78 is 0. The van der Waals surface area contributed by atoms with Gasteiger partial charge in [-0.15, -0.1) is 0 Å². The van der Waals surface area contributed by atoms with Gasteiger partial charge in [-0.3, -0.25) is 9.88 Å². The number of nitrogens with zero attached hydrogens (tertiary/aromatic N) is 2. The zero-order valence-corrected chi connectivity index (χ0v) is 12.5. The van der Waals surface area contributed by atoms with Gasteiger partial charge < -0.3 is 5.32 Å². The van der Waals surface area contributed by atoms with Crippen molar-refractivity contribution in [3.63, 3.8) is 0 Å². The van der Waals surface area contributed by atoms with E-state index < -0.39 is 0 Å². The quantitative estimate of drug-likeness (QED) is 0.907. The van der Waals surface area contributed by atoms with E-state index >= 15 is 0 Å². The summed E-state index contributed by atoms with van der Waals surface area (Å²) in [7, 11) is 0. The fourth-order valence-corrected chi connectivity index (χ4v) is 2.77. The minimum atomic E-state index is 0.623. The van der Waals surface area contributed by atoms with Crippen LogP contribution in [-0.4, -0.2) is 35.1 Å². The highest BCUT2D eigenvalue weighted by molar-refractivity contribution is 5.17. The lowest BCUT2D eigenvalue weighted by Crippen LogP contribution is -2.43. The fraction of sp³-hybridized carbons (Fsp3) is 0.688. The van der Waals surface area contributed by atoms with Crippen molar-refractivity contribution in [1.82, 2.24) is 15.2 Å². The highest BCUT2D eigenvalue weighted by atomic mass is 15.1. The Balaban J connectivity index is 1.97. The first kappa shape index (κ1) is 14.5. The van der Waals surface area contributed by atoms with E-state index in [2.05, 4.69) is 42.0 Å². The van der Waals surface area contributed by atoms with E-state index in [0.29, 0.717) is 12.1 Å². The molecular formula is C16H27N3. The molecule has 0 radical (unpaired) electrons. The molecule has 2 rings (SSSR count). The van der Waals surface area contributed by atoms with Crippen LogP contribution in [-0.2, 0) is 6.54 Å². The predicted molar refractivity (Wildman–Crippen MR) is 80.2 cm³/mol. The molecule has 1 fully saturated rings. The van der Waals surface area contributed by atoms with Gasteiger partial charge >= 0.3 is 0 Å². The lowest BCUT2D eigenvalue weighted by Gasteiger charge is -2.32. The molecule has 2 heterocycles. The third kappa shape index (κ3) is 4.29. The van der Waals surface area contributed by atoms with Gasteiger partial charge in [0.15, 0.2) is 0 Å². The van der Waals surface area contributed by atoms with Gasteiger partial charge in [0.1, 0.15) is 0 Å². The van der Waals surface area contributed by atoms with Gasteiger partial charge in [-0.25, -0.2) is 0 Å². The van der Waals surface area contributed by atoms with Crippen LogP contribution in [0.2, 0.25) is 0 Å². The minimum Gasteiger partial charge on any atom is -0.311 e. The van der Waals surface area contributed by atoms with Crippen LogP contribution in [0.4, 0.5) is 0 Å². The molecule has 106 valence electrons. The zero-order chi connectivity index (χ0) is 13.7. The summed E-state index contributed by atoms with van der Waals surface area (Å²) in [5.74, 6) is 0. The number of nitrogens with one attached hydrogen (secondary N) is 1. The molecule has 2 unspecified atom stereocenters. The Hall–Kier alpha value is -0.930. The van der Waals surface area contributed by atoms with Gasteiger partial charge in [-0.1, -0.05) is 13.0 Å². The molecule has 1 N–H and O–H groups in total. The molecule has 3 nitrogen and oxygen atoms in total. The molecule has 1 aromatic heterocycles. The number of hydrogen-bond acceptors (Lipinski definition) is 3. The number of aryl methyl sites for hydroxylation is 1. The van der Waals surface area contributed by atoms with Crippen LogP contribution < -0.4 is 5.32 Å². The van der Waals surface area contributed by atoms with Crippen molar-refractivity contribution in [2.45, 2.75) is 58.7 Å². The maximum absolute atomic E-state index is 4.53. The van der Waals surface area contributed by atoms with Gasteiger partial charge in [-0.2, -0.15) is 0 Å². The molecule has 1 saturated heterocycles. The largest absolute Gasteiger partial charge is 0.311 e. The molecule has 1 aliphatic rings. The van der Waals surface area contributed by atoms with Crippen LogP contribution in [0.5, 0.6) is 0 Å². The summed E-state index contributed by atoms with van der Waals surface area (Å²) in [5, 5.41) is 3.72. The van der Waals surface area contributed by atoms with Crippen molar-refractivity contribution in [2.24, 2.45) is 0 Å². The summed E-state index contributed by atoms with van der Waals surface area (Å²) in [5.41, 5.74) is 2.54. The highest BCUT2D eigenvalue weighted by Gasteiger charge is 2.18. The first-order chi connectivity index (χ1) is 9.19. The van der Waals surface area contributed by atoms with Crippen molar-refractivity contribution in [3.05, 3.63) is 29.6 Å². The van der Waals surface area contributed by atoms with Crippen molar-refractivity contribution in [3.8, 4) is 0 Å². The number of aromatic nitrogens is 1. The Morgan fingerprint density at radius 1 is 1.37 bits per heavy atom. The highest BCUT2D eigenvalue weighted by Crippen LogP contribution is 2.13. The Labute approximate surface area is 117 Å². The number of rotatable bonds is 3. The first-order valence-electron chi connectivity index (χ1n) is 7.58. The number of pyridine rings is 1. The molecule has 2 atom stereocenters. The van der Waals surface area contributed by atoms with E-state index in [-0.39, 0.29) is 0 Å².